The molecule has 0 aromatic heterocycles. The summed E-state index contributed by atoms with van der Waals surface area (Å²) < 4.78 is 10.4. The Kier molecular flexibility index (Phi) is 7.10. The fraction of sp³-hybridized carbons (Fsp3) is 0.278. The van der Waals surface area contributed by atoms with E-state index in [9.17, 15) is 4.79 Å². The summed E-state index contributed by atoms with van der Waals surface area (Å²) in [7, 11) is 1.63. The number of carbonyl (C=O) groups excluding carboxylic acids is 1. The maximum atomic E-state index is 11.9. The van der Waals surface area contributed by atoms with Crippen molar-refractivity contribution in [2.24, 2.45) is 0 Å². The van der Waals surface area contributed by atoms with Crippen molar-refractivity contribution in [2.75, 3.05) is 32.2 Å². The summed E-state index contributed by atoms with van der Waals surface area (Å²) >= 11 is 0. The SMILES string of the molecule is COCCOc1ccc(NC(=O)CNCc2ccccc2)cc1. The molecule has 2 aromatic rings. The van der Waals surface area contributed by atoms with Gasteiger partial charge in [0, 0.05) is 19.3 Å². The largest absolute Gasteiger partial charge is 0.491 e. The zero-order valence-electron chi connectivity index (χ0n) is 13.2. The molecule has 0 aliphatic rings. The maximum Gasteiger partial charge on any atom is 0.238 e. The topological polar surface area (TPSA) is 59.6 Å². The molecular weight excluding hydrogens is 292 g/mol. The van der Waals surface area contributed by atoms with Crippen molar-refractivity contribution in [1.82, 2.24) is 5.32 Å². The first-order valence-corrected chi connectivity index (χ1v) is 7.54. The zero-order valence-corrected chi connectivity index (χ0v) is 13.2. The van der Waals surface area contributed by atoms with E-state index in [2.05, 4.69) is 10.6 Å². The van der Waals surface area contributed by atoms with Crippen LogP contribution in [0.15, 0.2) is 54.6 Å². The van der Waals surface area contributed by atoms with Crippen molar-refractivity contribution in [3.63, 3.8) is 0 Å². The van der Waals surface area contributed by atoms with E-state index in [1.54, 1.807) is 7.11 Å². The van der Waals surface area contributed by atoms with E-state index >= 15 is 0 Å². The Balaban J connectivity index is 1.70. The fourth-order valence-corrected chi connectivity index (χ4v) is 2.00. The van der Waals surface area contributed by atoms with Gasteiger partial charge in [0.25, 0.3) is 0 Å². The molecule has 1 amide bonds. The van der Waals surface area contributed by atoms with Crippen LogP contribution >= 0.6 is 0 Å². The standard InChI is InChI=1S/C18H22N2O3/c1-22-11-12-23-17-9-7-16(8-10-17)20-18(21)14-19-13-15-5-3-2-4-6-15/h2-10,19H,11-14H2,1H3,(H,20,21). The van der Waals surface area contributed by atoms with E-state index < -0.39 is 0 Å². The maximum absolute atomic E-state index is 11.9. The zero-order chi connectivity index (χ0) is 16.3. The first-order valence-electron chi connectivity index (χ1n) is 7.54. The van der Waals surface area contributed by atoms with Gasteiger partial charge in [0.05, 0.1) is 13.2 Å². The van der Waals surface area contributed by atoms with Gasteiger partial charge < -0.3 is 20.1 Å². The van der Waals surface area contributed by atoms with Gasteiger partial charge in [0.2, 0.25) is 5.91 Å². The molecule has 0 radical (unpaired) electrons. The first-order chi connectivity index (χ1) is 11.3. The van der Waals surface area contributed by atoms with Crippen molar-refractivity contribution in [3.05, 3.63) is 60.2 Å². The summed E-state index contributed by atoms with van der Waals surface area (Å²) in [5, 5.41) is 5.96. The number of benzene rings is 2. The van der Waals surface area contributed by atoms with Gasteiger partial charge in [0.1, 0.15) is 12.4 Å². The Morgan fingerprint density at radius 2 is 1.74 bits per heavy atom. The van der Waals surface area contributed by atoms with E-state index in [-0.39, 0.29) is 12.5 Å². The van der Waals surface area contributed by atoms with Gasteiger partial charge in [0.15, 0.2) is 0 Å². The molecule has 0 spiro atoms. The van der Waals surface area contributed by atoms with E-state index in [4.69, 9.17) is 9.47 Å². The minimum absolute atomic E-state index is 0.0750. The van der Waals surface area contributed by atoms with Gasteiger partial charge >= 0.3 is 0 Å². The van der Waals surface area contributed by atoms with Gasteiger partial charge in [-0.15, -0.1) is 0 Å². The van der Waals surface area contributed by atoms with Crippen LogP contribution in [0, 0.1) is 0 Å². The lowest BCUT2D eigenvalue weighted by molar-refractivity contribution is -0.115. The van der Waals surface area contributed by atoms with Gasteiger partial charge in [-0.2, -0.15) is 0 Å². The van der Waals surface area contributed by atoms with Crippen LogP contribution in [-0.4, -0.2) is 32.8 Å². The molecule has 0 saturated carbocycles. The van der Waals surface area contributed by atoms with Gasteiger partial charge in [-0.1, -0.05) is 30.3 Å². The number of anilines is 1. The molecule has 0 aliphatic carbocycles. The van der Waals surface area contributed by atoms with Crippen molar-refractivity contribution in [3.8, 4) is 5.75 Å². The highest BCUT2D eigenvalue weighted by molar-refractivity contribution is 5.92. The molecule has 0 aliphatic heterocycles. The highest BCUT2D eigenvalue weighted by Gasteiger charge is 2.02. The molecule has 23 heavy (non-hydrogen) atoms. The number of hydrogen-bond acceptors (Lipinski definition) is 4. The number of nitrogens with one attached hydrogen (secondary N) is 2. The van der Waals surface area contributed by atoms with Gasteiger partial charge in [-0.05, 0) is 29.8 Å². The Morgan fingerprint density at radius 3 is 2.43 bits per heavy atom. The Morgan fingerprint density at radius 1 is 1.00 bits per heavy atom. The van der Waals surface area contributed by atoms with Crippen molar-refractivity contribution in [1.29, 1.82) is 0 Å². The smallest absolute Gasteiger partial charge is 0.238 e. The summed E-state index contributed by atoms with van der Waals surface area (Å²) in [5.74, 6) is 0.677. The highest BCUT2D eigenvalue weighted by Crippen LogP contribution is 2.15. The number of carbonyl (C=O) groups is 1. The van der Waals surface area contributed by atoms with Crippen LogP contribution in [0.2, 0.25) is 0 Å². The summed E-state index contributed by atoms with van der Waals surface area (Å²) in [5.41, 5.74) is 1.90. The summed E-state index contributed by atoms with van der Waals surface area (Å²) in [6.07, 6.45) is 0. The monoisotopic (exact) mass is 314 g/mol. The number of hydrogen-bond donors (Lipinski definition) is 2. The average Bonchev–Trinajstić information content (AvgIpc) is 2.58. The lowest BCUT2D eigenvalue weighted by Crippen LogP contribution is -2.27. The van der Waals surface area contributed by atoms with Gasteiger partial charge in [-0.25, -0.2) is 0 Å². The number of methoxy groups -OCH3 is 1. The highest BCUT2D eigenvalue weighted by atomic mass is 16.5. The van der Waals surface area contributed by atoms with Crippen LogP contribution in [0.25, 0.3) is 0 Å². The summed E-state index contributed by atoms with van der Waals surface area (Å²) in [6, 6.07) is 17.2. The number of rotatable bonds is 9. The average molecular weight is 314 g/mol. The van der Waals surface area contributed by atoms with Crippen LogP contribution in [0.4, 0.5) is 5.69 Å². The summed E-state index contributed by atoms with van der Waals surface area (Å²) in [4.78, 5) is 11.9. The molecule has 0 unspecified atom stereocenters. The van der Waals surface area contributed by atoms with Crippen LogP contribution in [0.1, 0.15) is 5.56 Å². The Hall–Kier alpha value is -2.37. The van der Waals surface area contributed by atoms with Crippen LogP contribution < -0.4 is 15.4 Å². The quantitative estimate of drug-likeness (QED) is 0.698. The molecule has 0 saturated heterocycles. The Labute approximate surface area is 136 Å². The van der Waals surface area contributed by atoms with Crippen molar-refractivity contribution in [2.45, 2.75) is 6.54 Å². The minimum atomic E-state index is -0.0750. The van der Waals surface area contributed by atoms with Gasteiger partial charge in [-0.3, -0.25) is 4.79 Å². The molecule has 0 bridgehead atoms. The normalized spacial score (nSPS) is 10.3. The number of ether oxygens (including phenoxy) is 2. The minimum Gasteiger partial charge on any atom is -0.491 e. The molecule has 5 nitrogen and oxygen atoms in total. The summed E-state index contributed by atoms with van der Waals surface area (Å²) in [6.45, 7) is 1.98. The number of amides is 1. The van der Waals surface area contributed by atoms with E-state index in [1.165, 1.54) is 0 Å². The Bertz CT molecular complexity index is 585. The molecule has 5 heteroatoms. The molecule has 122 valence electrons. The second kappa shape index (κ2) is 9.61. The molecule has 2 N–H and O–H groups in total. The third kappa shape index (κ3) is 6.50. The molecular formula is C18H22N2O3. The molecule has 0 atom stereocenters. The fourth-order valence-electron chi connectivity index (χ4n) is 2.00. The lowest BCUT2D eigenvalue weighted by Gasteiger charge is -2.09. The predicted molar refractivity (Wildman–Crippen MR) is 90.6 cm³/mol. The predicted octanol–water partition coefficient (Wildman–Crippen LogP) is 2.44. The van der Waals surface area contributed by atoms with E-state index in [0.717, 1.165) is 17.0 Å². The molecule has 2 aromatic carbocycles. The van der Waals surface area contributed by atoms with Crippen LogP contribution in [0.3, 0.4) is 0 Å². The van der Waals surface area contributed by atoms with E-state index in [0.29, 0.717) is 19.8 Å². The second-order valence-corrected chi connectivity index (χ2v) is 5.00. The second-order valence-electron chi connectivity index (χ2n) is 5.00. The molecule has 0 heterocycles. The molecule has 2 rings (SSSR count). The lowest BCUT2D eigenvalue weighted by atomic mass is 10.2. The third-order valence-electron chi connectivity index (χ3n) is 3.15. The molecule has 0 fully saturated rings. The van der Waals surface area contributed by atoms with Crippen LogP contribution in [0.5, 0.6) is 5.75 Å². The van der Waals surface area contributed by atoms with Crippen molar-refractivity contribution < 1.29 is 14.3 Å². The third-order valence-corrected chi connectivity index (χ3v) is 3.15. The van der Waals surface area contributed by atoms with E-state index in [1.807, 2.05) is 54.6 Å². The van der Waals surface area contributed by atoms with Crippen LogP contribution in [-0.2, 0) is 16.1 Å². The first kappa shape index (κ1) is 17.0. The van der Waals surface area contributed by atoms with Crippen molar-refractivity contribution >= 4 is 11.6 Å².